The summed E-state index contributed by atoms with van der Waals surface area (Å²) in [6.07, 6.45) is 1.41. The van der Waals surface area contributed by atoms with Gasteiger partial charge in [0.15, 0.2) is 11.6 Å². The maximum Gasteiger partial charge on any atom is 0.269 e. The Bertz CT molecular complexity index is 573. The number of rotatable bonds is 3. The van der Waals surface area contributed by atoms with Crippen LogP contribution in [-0.4, -0.2) is 15.7 Å². The summed E-state index contributed by atoms with van der Waals surface area (Å²) >= 11 is 0. The Kier molecular flexibility index (Phi) is 2.57. The van der Waals surface area contributed by atoms with E-state index in [-0.39, 0.29) is 17.4 Å². The molecule has 3 N–H and O–H groups in total. The summed E-state index contributed by atoms with van der Waals surface area (Å²) in [5, 5.41) is 17.6. The van der Waals surface area contributed by atoms with Crippen molar-refractivity contribution in [3.8, 4) is 11.3 Å². The molecule has 0 spiro atoms. The van der Waals surface area contributed by atoms with E-state index >= 15 is 0 Å². The highest BCUT2D eigenvalue weighted by molar-refractivity contribution is 5.90. The molecule has 0 bridgehead atoms. The highest BCUT2D eigenvalue weighted by Gasteiger charge is 2.10. The molecule has 0 radical (unpaired) electrons. The number of nitrogens with two attached hydrogens (primary N) is 1. The maximum absolute atomic E-state index is 10.5. The third-order valence-corrected chi connectivity index (χ3v) is 2.10. The number of amidine groups is 1. The number of oxazole rings is 1. The summed E-state index contributed by atoms with van der Waals surface area (Å²) in [7, 11) is 0. The Morgan fingerprint density at radius 1 is 1.41 bits per heavy atom. The molecule has 0 amide bonds. The fraction of sp³-hybridized carbons (Fsp3) is 0. The molecule has 2 rings (SSSR count). The smallest absolute Gasteiger partial charge is 0.269 e. The van der Waals surface area contributed by atoms with Crippen LogP contribution in [-0.2, 0) is 0 Å². The van der Waals surface area contributed by atoms with Crippen molar-refractivity contribution in [1.29, 1.82) is 5.41 Å². The molecule has 1 aromatic carbocycles. The van der Waals surface area contributed by atoms with Gasteiger partial charge in [-0.25, -0.2) is 4.98 Å². The fourth-order valence-corrected chi connectivity index (χ4v) is 1.28. The van der Waals surface area contributed by atoms with Crippen LogP contribution in [0, 0.1) is 15.5 Å². The summed E-state index contributed by atoms with van der Waals surface area (Å²) in [6.45, 7) is 0. The first-order valence-corrected chi connectivity index (χ1v) is 4.63. The molecule has 0 aliphatic rings. The first-order valence-electron chi connectivity index (χ1n) is 4.63. The van der Waals surface area contributed by atoms with E-state index in [1.807, 2.05) is 0 Å². The SMILES string of the molecule is N=C(N)c1ncc(-c2ccc([N+](=O)[O-])cc2)o1. The van der Waals surface area contributed by atoms with Crippen molar-refractivity contribution >= 4 is 11.5 Å². The highest BCUT2D eigenvalue weighted by atomic mass is 16.6. The lowest BCUT2D eigenvalue weighted by molar-refractivity contribution is -0.384. The number of aromatic nitrogens is 1. The van der Waals surface area contributed by atoms with Gasteiger partial charge in [0, 0.05) is 17.7 Å². The Morgan fingerprint density at radius 2 is 2.06 bits per heavy atom. The van der Waals surface area contributed by atoms with Crippen molar-refractivity contribution in [3.63, 3.8) is 0 Å². The lowest BCUT2D eigenvalue weighted by atomic mass is 10.2. The molecular weight excluding hydrogens is 224 g/mol. The van der Waals surface area contributed by atoms with Crippen LogP contribution in [0.15, 0.2) is 34.9 Å². The number of hydrogen-bond donors (Lipinski definition) is 2. The molecule has 7 heteroatoms. The Morgan fingerprint density at radius 3 is 2.53 bits per heavy atom. The quantitative estimate of drug-likeness (QED) is 0.360. The second-order valence-electron chi connectivity index (χ2n) is 3.25. The average Bonchev–Trinajstić information content (AvgIpc) is 2.78. The maximum atomic E-state index is 10.5. The Balaban J connectivity index is 2.33. The van der Waals surface area contributed by atoms with E-state index in [1.165, 1.54) is 18.3 Å². The van der Waals surface area contributed by atoms with Gasteiger partial charge < -0.3 is 10.2 Å². The van der Waals surface area contributed by atoms with E-state index in [9.17, 15) is 10.1 Å². The summed E-state index contributed by atoms with van der Waals surface area (Å²) in [6, 6.07) is 5.82. The Labute approximate surface area is 95.5 Å². The zero-order valence-electron chi connectivity index (χ0n) is 8.58. The number of nitro benzene ring substituents is 1. The number of nitrogens with one attached hydrogen (secondary N) is 1. The summed E-state index contributed by atoms with van der Waals surface area (Å²) < 4.78 is 5.20. The third kappa shape index (κ3) is 2.12. The van der Waals surface area contributed by atoms with E-state index in [0.29, 0.717) is 11.3 Å². The summed E-state index contributed by atoms with van der Waals surface area (Å²) in [4.78, 5) is 13.8. The van der Waals surface area contributed by atoms with Crippen LogP contribution >= 0.6 is 0 Å². The minimum atomic E-state index is -0.481. The van der Waals surface area contributed by atoms with Crippen LogP contribution in [0.5, 0.6) is 0 Å². The molecule has 17 heavy (non-hydrogen) atoms. The standard InChI is InChI=1S/C10H8N4O3/c11-9(12)10-13-5-8(17-10)6-1-3-7(4-2-6)14(15)16/h1-5H,(H3,11,12). The van der Waals surface area contributed by atoms with Gasteiger partial charge in [0.1, 0.15) is 0 Å². The molecule has 0 aliphatic heterocycles. The van der Waals surface area contributed by atoms with Crippen LogP contribution in [0.1, 0.15) is 5.89 Å². The first kappa shape index (κ1) is 10.8. The van der Waals surface area contributed by atoms with Crippen LogP contribution in [0.3, 0.4) is 0 Å². The molecule has 7 nitrogen and oxygen atoms in total. The fourth-order valence-electron chi connectivity index (χ4n) is 1.28. The normalized spacial score (nSPS) is 10.1. The second kappa shape index (κ2) is 4.05. The number of nitrogens with zero attached hydrogens (tertiary/aromatic N) is 2. The van der Waals surface area contributed by atoms with Crippen LogP contribution in [0.2, 0.25) is 0 Å². The first-order chi connectivity index (χ1) is 8.08. The number of nitrogen functional groups attached to an aromatic ring is 1. The van der Waals surface area contributed by atoms with Gasteiger partial charge in [-0.1, -0.05) is 0 Å². The molecule has 1 heterocycles. The van der Waals surface area contributed by atoms with Gasteiger partial charge in [0.2, 0.25) is 0 Å². The molecule has 0 atom stereocenters. The molecule has 0 aliphatic carbocycles. The monoisotopic (exact) mass is 232 g/mol. The van der Waals surface area contributed by atoms with E-state index in [0.717, 1.165) is 0 Å². The van der Waals surface area contributed by atoms with Crippen LogP contribution < -0.4 is 5.73 Å². The Hall–Kier alpha value is -2.70. The molecular formula is C10H8N4O3. The molecule has 0 saturated carbocycles. The molecule has 86 valence electrons. The largest absolute Gasteiger partial charge is 0.434 e. The zero-order valence-corrected chi connectivity index (χ0v) is 8.58. The zero-order chi connectivity index (χ0) is 12.4. The minimum Gasteiger partial charge on any atom is -0.434 e. The lowest BCUT2D eigenvalue weighted by Gasteiger charge is -1.95. The second-order valence-corrected chi connectivity index (χ2v) is 3.25. The van der Waals surface area contributed by atoms with Gasteiger partial charge >= 0.3 is 0 Å². The van der Waals surface area contributed by atoms with Gasteiger partial charge in [-0.15, -0.1) is 0 Å². The predicted octanol–water partition coefficient (Wildman–Crippen LogP) is 1.53. The van der Waals surface area contributed by atoms with Gasteiger partial charge in [-0.05, 0) is 12.1 Å². The van der Waals surface area contributed by atoms with Crippen molar-refractivity contribution in [2.45, 2.75) is 0 Å². The lowest BCUT2D eigenvalue weighted by Crippen LogP contribution is -2.10. The van der Waals surface area contributed by atoms with E-state index in [2.05, 4.69) is 4.98 Å². The van der Waals surface area contributed by atoms with Gasteiger partial charge in [0.05, 0.1) is 11.1 Å². The molecule has 0 fully saturated rings. The van der Waals surface area contributed by atoms with Gasteiger partial charge in [0.25, 0.3) is 11.6 Å². The van der Waals surface area contributed by atoms with Crippen molar-refractivity contribution in [2.75, 3.05) is 0 Å². The molecule has 1 aromatic heterocycles. The van der Waals surface area contributed by atoms with E-state index in [1.54, 1.807) is 12.1 Å². The van der Waals surface area contributed by atoms with Gasteiger partial charge in [-0.3, -0.25) is 15.5 Å². The number of non-ortho nitro benzene ring substituents is 1. The number of nitro groups is 1. The molecule has 2 aromatic rings. The molecule has 0 saturated heterocycles. The third-order valence-electron chi connectivity index (χ3n) is 2.10. The van der Waals surface area contributed by atoms with Crippen LogP contribution in [0.25, 0.3) is 11.3 Å². The van der Waals surface area contributed by atoms with Crippen molar-refractivity contribution < 1.29 is 9.34 Å². The summed E-state index contributed by atoms with van der Waals surface area (Å²) in [5.41, 5.74) is 5.84. The van der Waals surface area contributed by atoms with Gasteiger partial charge in [-0.2, -0.15) is 0 Å². The van der Waals surface area contributed by atoms with Crippen molar-refractivity contribution in [1.82, 2.24) is 4.98 Å². The molecule has 0 unspecified atom stereocenters. The number of hydrogen-bond acceptors (Lipinski definition) is 5. The topological polar surface area (TPSA) is 119 Å². The van der Waals surface area contributed by atoms with Crippen molar-refractivity contribution in [3.05, 3.63) is 46.5 Å². The predicted molar refractivity (Wildman–Crippen MR) is 59.6 cm³/mol. The van der Waals surface area contributed by atoms with Crippen LogP contribution in [0.4, 0.5) is 5.69 Å². The number of benzene rings is 1. The highest BCUT2D eigenvalue weighted by Crippen LogP contribution is 2.22. The van der Waals surface area contributed by atoms with E-state index < -0.39 is 4.92 Å². The van der Waals surface area contributed by atoms with E-state index in [4.69, 9.17) is 15.6 Å². The summed E-state index contributed by atoms with van der Waals surface area (Å²) in [5.74, 6) is 0.168. The minimum absolute atomic E-state index is 0.0000525. The average molecular weight is 232 g/mol. The van der Waals surface area contributed by atoms with Crippen molar-refractivity contribution in [2.24, 2.45) is 5.73 Å².